The van der Waals surface area contributed by atoms with Gasteiger partial charge in [-0.3, -0.25) is 0 Å². The summed E-state index contributed by atoms with van der Waals surface area (Å²) < 4.78 is 0. The molecule has 3 N–H and O–H groups in total. The minimum Gasteiger partial charge on any atom is -0.367 e. The average Bonchev–Trinajstić information content (AvgIpc) is 2.89. The quantitative estimate of drug-likeness (QED) is 0.734. The summed E-state index contributed by atoms with van der Waals surface area (Å²) >= 11 is 0. The summed E-state index contributed by atoms with van der Waals surface area (Å²) in [5, 5.41) is 3.36. The molecular weight excluding hydrogens is 162 g/mol. The van der Waals surface area contributed by atoms with Crippen molar-refractivity contribution < 1.29 is 0 Å². The van der Waals surface area contributed by atoms with Crippen molar-refractivity contribution in [2.24, 2.45) is 5.73 Å². The third kappa shape index (κ3) is 1.98. The molecule has 1 saturated carbocycles. The van der Waals surface area contributed by atoms with Crippen molar-refractivity contribution in [2.75, 3.05) is 5.32 Å². The van der Waals surface area contributed by atoms with Gasteiger partial charge in [-0.15, -0.1) is 0 Å². The maximum Gasteiger partial charge on any atom is 0.126 e. The average molecular weight is 177 g/mol. The summed E-state index contributed by atoms with van der Waals surface area (Å²) in [5.41, 5.74) is 7.72. The van der Waals surface area contributed by atoms with Crippen LogP contribution in [0.2, 0.25) is 0 Å². The third-order valence-corrected chi connectivity index (χ3v) is 2.34. The summed E-state index contributed by atoms with van der Waals surface area (Å²) in [6.45, 7) is 2.57. The lowest BCUT2D eigenvalue weighted by Gasteiger charge is -2.06. The molecule has 0 spiro atoms. The van der Waals surface area contributed by atoms with E-state index in [1.54, 1.807) is 0 Å². The summed E-state index contributed by atoms with van der Waals surface area (Å²) in [6.07, 6.45) is 2.55. The molecule has 1 fully saturated rings. The number of nitrogens with one attached hydrogen (secondary N) is 1. The van der Waals surface area contributed by atoms with E-state index in [0.29, 0.717) is 12.6 Å². The van der Waals surface area contributed by atoms with Crippen LogP contribution < -0.4 is 11.1 Å². The first-order valence-corrected chi connectivity index (χ1v) is 4.72. The zero-order valence-electron chi connectivity index (χ0n) is 7.88. The highest BCUT2D eigenvalue weighted by Gasteiger charge is 2.21. The van der Waals surface area contributed by atoms with Gasteiger partial charge in [-0.2, -0.15) is 0 Å². The van der Waals surface area contributed by atoms with Crippen molar-refractivity contribution in [2.45, 2.75) is 32.4 Å². The van der Waals surface area contributed by atoms with Crippen LogP contribution in [-0.2, 0) is 6.54 Å². The Bertz CT molecular complexity index is 305. The van der Waals surface area contributed by atoms with Crippen molar-refractivity contribution in [1.29, 1.82) is 0 Å². The fourth-order valence-corrected chi connectivity index (χ4v) is 1.32. The second kappa shape index (κ2) is 3.34. The van der Waals surface area contributed by atoms with Crippen molar-refractivity contribution in [3.8, 4) is 0 Å². The van der Waals surface area contributed by atoms with E-state index in [9.17, 15) is 0 Å². The van der Waals surface area contributed by atoms with E-state index in [4.69, 9.17) is 5.73 Å². The maximum absolute atomic E-state index is 5.55. The predicted molar refractivity (Wildman–Crippen MR) is 53.5 cm³/mol. The van der Waals surface area contributed by atoms with Crippen LogP contribution in [0.4, 0.5) is 5.82 Å². The summed E-state index contributed by atoms with van der Waals surface area (Å²) in [6, 6.07) is 4.72. The van der Waals surface area contributed by atoms with Gasteiger partial charge in [0.05, 0.1) is 0 Å². The lowest BCUT2D eigenvalue weighted by molar-refractivity contribution is 0.997. The minimum absolute atomic E-state index is 0.572. The van der Waals surface area contributed by atoms with Crippen LogP contribution in [0.25, 0.3) is 0 Å². The Morgan fingerprint density at radius 2 is 2.31 bits per heavy atom. The van der Waals surface area contributed by atoms with E-state index < -0.39 is 0 Å². The van der Waals surface area contributed by atoms with Crippen molar-refractivity contribution in [3.05, 3.63) is 23.4 Å². The molecule has 1 aromatic rings. The number of hydrogen-bond donors (Lipinski definition) is 2. The summed E-state index contributed by atoms with van der Waals surface area (Å²) in [4.78, 5) is 4.43. The van der Waals surface area contributed by atoms with E-state index in [-0.39, 0.29) is 0 Å². The monoisotopic (exact) mass is 177 g/mol. The van der Waals surface area contributed by atoms with Crippen molar-refractivity contribution >= 4 is 5.82 Å². The standard InChI is InChI=1S/C10H15N3/c1-7-8(6-11)2-5-10(12-7)13-9-3-4-9/h2,5,9H,3-4,6,11H2,1H3,(H,12,13). The van der Waals surface area contributed by atoms with Crippen molar-refractivity contribution in [3.63, 3.8) is 0 Å². The predicted octanol–water partition coefficient (Wildman–Crippen LogP) is 1.42. The normalized spacial score (nSPS) is 15.8. The highest BCUT2D eigenvalue weighted by atomic mass is 15.0. The zero-order chi connectivity index (χ0) is 9.26. The lowest BCUT2D eigenvalue weighted by atomic mass is 10.2. The third-order valence-electron chi connectivity index (χ3n) is 2.34. The van der Waals surface area contributed by atoms with E-state index in [1.165, 1.54) is 12.8 Å². The Hall–Kier alpha value is -1.09. The van der Waals surface area contributed by atoms with Crippen LogP contribution >= 0.6 is 0 Å². The fraction of sp³-hybridized carbons (Fsp3) is 0.500. The largest absolute Gasteiger partial charge is 0.367 e. The van der Waals surface area contributed by atoms with E-state index in [2.05, 4.69) is 10.3 Å². The minimum atomic E-state index is 0.572. The topological polar surface area (TPSA) is 50.9 Å². The summed E-state index contributed by atoms with van der Waals surface area (Å²) in [5.74, 6) is 0.984. The molecule has 1 aromatic heterocycles. The number of aromatic nitrogens is 1. The van der Waals surface area contributed by atoms with Gasteiger partial charge in [-0.05, 0) is 31.4 Å². The Kier molecular flexibility index (Phi) is 2.19. The Labute approximate surface area is 78.4 Å². The highest BCUT2D eigenvalue weighted by Crippen LogP contribution is 2.23. The number of nitrogens with zero attached hydrogens (tertiary/aromatic N) is 1. The van der Waals surface area contributed by atoms with Gasteiger partial charge in [-0.1, -0.05) is 6.07 Å². The Balaban J connectivity index is 2.13. The van der Waals surface area contributed by atoms with E-state index in [1.807, 2.05) is 19.1 Å². The van der Waals surface area contributed by atoms with Crippen molar-refractivity contribution in [1.82, 2.24) is 4.98 Å². The van der Waals surface area contributed by atoms with Crippen LogP contribution in [0.5, 0.6) is 0 Å². The molecule has 0 aliphatic heterocycles. The number of pyridine rings is 1. The number of nitrogens with two attached hydrogens (primary N) is 1. The molecule has 0 atom stereocenters. The van der Waals surface area contributed by atoms with Crippen LogP contribution in [0.3, 0.4) is 0 Å². The van der Waals surface area contributed by atoms with Gasteiger partial charge in [0.25, 0.3) is 0 Å². The Morgan fingerprint density at radius 1 is 1.54 bits per heavy atom. The Morgan fingerprint density at radius 3 is 2.85 bits per heavy atom. The first kappa shape index (κ1) is 8.51. The molecule has 70 valence electrons. The van der Waals surface area contributed by atoms with Gasteiger partial charge < -0.3 is 11.1 Å². The first-order chi connectivity index (χ1) is 6.29. The van der Waals surface area contributed by atoms with Crippen LogP contribution in [0.1, 0.15) is 24.1 Å². The number of anilines is 1. The zero-order valence-corrected chi connectivity index (χ0v) is 7.88. The van der Waals surface area contributed by atoms with Crippen LogP contribution in [0.15, 0.2) is 12.1 Å². The number of hydrogen-bond acceptors (Lipinski definition) is 3. The molecule has 1 heterocycles. The molecule has 1 aliphatic rings. The van der Waals surface area contributed by atoms with E-state index >= 15 is 0 Å². The fourth-order valence-electron chi connectivity index (χ4n) is 1.32. The van der Waals surface area contributed by atoms with Crippen LogP contribution in [0, 0.1) is 6.92 Å². The van der Waals surface area contributed by atoms with Gasteiger partial charge in [0.1, 0.15) is 5.82 Å². The lowest BCUT2D eigenvalue weighted by Crippen LogP contribution is -2.06. The second-order valence-corrected chi connectivity index (χ2v) is 3.56. The number of aryl methyl sites for hydroxylation is 1. The molecule has 0 unspecified atom stereocenters. The van der Waals surface area contributed by atoms with Gasteiger partial charge >= 0.3 is 0 Å². The highest BCUT2D eigenvalue weighted by molar-refractivity contribution is 5.40. The van der Waals surface area contributed by atoms with Gasteiger partial charge in [0, 0.05) is 18.3 Å². The van der Waals surface area contributed by atoms with Gasteiger partial charge in [0.15, 0.2) is 0 Å². The molecule has 0 amide bonds. The smallest absolute Gasteiger partial charge is 0.126 e. The molecule has 2 rings (SSSR count). The first-order valence-electron chi connectivity index (χ1n) is 4.72. The molecular formula is C10H15N3. The molecule has 0 aromatic carbocycles. The molecule has 13 heavy (non-hydrogen) atoms. The SMILES string of the molecule is Cc1nc(NC2CC2)ccc1CN. The van der Waals surface area contributed by atoms with Gasteiger partial charge in [-0.25, -0.2) is 4.98 Å². The van der Waals surface area contributed by atoms with Gasteiger partial charge in [0.2, 0.25) is 0 Å². The molecule has 0 radical (unpaired) electrons. The molecule has 0 bridgehead atoms. The van der Waals surface area contributed by atoms with E-state index in [0.717, 1.165) is 17.1 Å². The molecule has 3 heteroatoms. The number of rotatable bonds is 3. The molecule has 3 nitrogen and oxygen atoms in total. The van der Waals surface area contributed by atoms with Crippen LogP contribution in [-0.4, -0.2) is 11.0 Å². The second-order valence-electron chi connectivity index (χ2n) is 3.56. The molecule has 1 aliphatic carbocycles. The summed E-state index contributed by atoms with van der Waals surface area (Å²) in [7, 11) is 0. The molecule has 0 saturated heterocycles. The maximum atomic E-state index is 5.55.